The van der Waals surface area contributed by atoms with Crippen LogP contribution in [0.4, 0.5) is 0 Å². The molecular weight excluding hydrogens is 354 g/mol. The predicted octanol–water partition coefficient (Wildman–Crippen LogP) is 0.978. The van der Waals surface area contributed by atoms with Gasteiger partial charge in [-0.1, -0.05) is 13.8 Å². The van der Waals surface area contributed by atoms with Crippen molar-refractivity contribution < 1.29 is 13.2 Å². The lowest BCUT2D eigenvalue weighted by Gasteiger charge is -2.12. The number of aromatic nitrogens is 1. The molecule has 0 aliphatic heterocycles. The maximum absolute atomic E-state index is 12.1. The Morgan fingerprint density at radius 1 is 1.31 bits per heavy atom. The first-order valence-corrected chi connectivity index (χ1v) is 10.4. The largest absolute Gasteiger partial charge is 0.381 e. The van der Waals surface area contributed by atoms with Crippen LogP contribution in [0.1, 0.15) is 27.2 Å². The summed E-state index contributed by atoms with van der Waals surface area (Å²) >= 11 is 0. The van der Waals surface area contributed by atoms with Gasteiger partial charge in [-0.2, -0.15) is 0 Å². The predicted molar refractivity (Wildman–Crippen MR) is 104 cm³/mol. The molecule has 0 aromatic carbocycles. The van der Waals surface area contributed by atoms with Gasteiger partial charge in [-0.05, 0) is 31.4 Å². The summed E-state index contributed by atoms with van der Waals surface area (Å²) in [6.45, 7) is 9.72. The van der Waals surface area contributed by atoms with Crippen molar-refractivity contribution in [2.75, 3.05) is 39.4 Å². The fraction of sp³-hybridized carbons (Fsp3) is 0.647. The molecule has 148 valence electrons. The van der Waals surface area contributed by atoms with Crippen LogP contribution < -0.4 is 15.4 Å². The number of hydrogen-bond donors (Lipinski definition) is 3. The minimum Gasteiger partial charge on any atom is -0.381 e. The number of rotatable bonds is 12. The Balaban J connectivity index is 2.31. The summed E-state index contributed by atoms with van der Waals surface area (Å²) in [7, 11) is -3.53. The lowest BCUT2D eigenvalue weighted by Crippen LogP contribution is -2.41. The lowest BCUT2D eigenvalue weighted by molar-refractivity contribution is 0.109. The standard InChI is InChI=1S/C17H31N5O3S/c1-4-19-17(20-9-6-12-25-14-15(2)3)21-10-11-22-26(23,24)16-7-5-8-18-13-16/h5,7-8,13,15,22H,4,6,9-12,14H2,1-3H3,(H2,19,20,21). The van der Waals surface area contributed by atoms with E-state index in [9.17, 15) is 8.42 Å². The van der Waals surface area contributed by atoms with Gasteiger partial charge in [-0.15, -0.1) is 0 Å². The summed E-state index contributed by atoms with van der Waals surface area (Å²) in [5.41, 5.74) is 0. The maximum atomic E-state index is 12.1. The summed E-state index contributed by atoms with van der Waals surface area (Å²) in [5.74, 6) is 1.20. The fourth-order valence-corrected chi connectivity index (χ4v) is 2.97. The smallest absolute Gasteiger partial charge is 0.242 e. The van der Waals surface area contributed by atoms with E-state index in [-0.39, 0.29) is 11.4 Å². The van der Waals surface area contributed by atoms with Crippen LogP contribution in [0.5, 0.6) is 0 Å². The Labute approximate surface area is 156 Å². The van der Waals surface area contributed by atoms with Crippen molar-refractivity contribution in [3.63, 3.8) is 0 Å². The molecule has 8 nitrogen and oxygen atoms in total. The third-order valence-corrected chi connectivity index (χ3v) is 4.61. The highest BCUT2D eigenvalue weighted by molar-refractivity contribution is 7.89. The number of aliphatic imine (C=N–C) groups is 1. The van der Waals surface area contributed by atoms with Crippen LogP contribution in [-0.2, 0) is 14.8 Å². The molecule has 1 heterocycles. The molecule has 0 saturated heterocycles. The van der Waals surface area contributed by atoms with Crippen LogP contribution in [0.15, 0.2) is 34.4 Å². The number of pyridine rings is 1. The van der Waals surface area contributed by atoms with Gasteiger partial charge < -0.3 is 15.4 Å². The van der Waals surface area contributed by atoms with Gasteiger partial charge in [-0.25, -0.2) is 13.1 Å². The summed E-state index contributed by atoms with van der Waals surface area (Å²) in [4.78, 5) is 8.43. The molecule has 0 unspecified atom stereocenters. The number of nitrogens with zero attached hydrogens (tertiary/aromatic N) is 2. The zero-order chi connectivity index (χ0) is 19.3. The van der Waals surface area contributed by atoms with Gasteiger partial charge in [0.1, 0.15) is 4.90 Å². The van der Waals surface area contributed by atoms with Gasteiger partial charge in [0.2, 0.25) is 10.0 Å². The van der Waals surface area contributed by atoms with Crippen LogP contribution in [0, 0.1) is 5.92 Å². The minimum atomic E-state index is -3.53. The second-order valence-electron chi connectivity index (χ2n) is 6.10. The second-order valence-corrected chi connectivity index (χ2v) is 7.86. The monoisotopic (exact) mass is 385 g/mol. The van der Waals surface area contributed by atoms with E-state index in [0.717, 1.165) is 19.6 Å². The van der Waals surface area contributed by atoms with Crippen molar-refractivity contribution in [2.45, 2.75) is 32.1 Å². The number of sulfonamides is 1. The van der Waals surface area contributed by atoms with Crippen molar-refractivity contribution in [2.24, 2.45) is 10.9 Å². The molecule has 1 aromatic heterocycles. The molecule has 1 rings (SSSR count). The topological polar surface area (TPSA) is 105 Å². The van der Waals surface area contributed by atoms with E-state index < -0.39 is 10.0 Å². The molecule has 0 aliphatic rings. The molecule has 0 radical (unpaired) electrons. The van der Waals surface area contributed by atoms with E-state index >= 15 is 0 Å². The van der Waals surface area contributed by atoms with Crippen LogP contribution in [0.2, 0.25) is 0 Å². The summed E-state index contributed by atoms with van der Waals surface area (Å²) in [5, 5.41) is 6.24. The van der Waals surface area contributed by atoms with Crippen LogP contribution in [0.25, 0.3) is 0 Å². The van der Waals surface area contributed by atoms with Crippen LogP contribution in [-0.4, -0.2) is 58.8 Å². The molecule has 26 heavy (non-hydrogen) atoms. The van der Waals surface area contributed by atoms with Crippen molar-refractivity contribution >= 4 is 16.0 Å². The number of nitrogens with one attached hydrogen (secondary N) is 3. The van der Waals surface area contributed by atoms with E-state index in [1.54, 1.807) is 6.07 Å². The first kappa shape index (κ1) is 22.3. The first-order valence-electron chi connectivity index (χ1n) is 8.95. The van der Waals surface area contributed by atoms with Crippen LogP contribution >= 0.6 is 0 Å². The number of guanidine groups is 1. The molecule has 3 N–H and O–H groups in total. The Hall–Kier alpha value is -1.71. The molecule has 0 bridgehead atoms. The molecule has 0 amide bonds. The van der Waals surface area contributed by atoms with Crippen molar-refractivity contribution in [3.05, 3.63) is 24.5 Å². The fourth-order valence-electron chi connectivity index (χ4n) is 1.97. The van der Waals surface area contributed by atoms with Gasteiger partial charge >= 0.3 is 0 Å². The van der Waals surface area contributed by atoms with E-state index in [1.807, 2.05) is 6.92 Å². The van der Waals surface area contributed by atoms with Gasteiger partial charge in [0.15, 0.2) is 5.96 Å². The highest BCUT2D eigenvalue weighted by Gasteiger charge is 2.12. The summed E-state index contributed by atoms with van der Waals surface area (Å²) in [6.07, 6.45) is 3.70. The Morgan fingerprint density at radius 2 is 2.12 bits per heavy atom. The molecule has 0 atom stereocenters. The average molecular weight is 386 g/mol. The average Bonchev–Trinajstić information content (AvgIpc) is 2.62. The highest BCUT2D eigenvalue weighted by atomic mass is 32.2. The third-order valence-electron chi connectivity index (χ3n) is 3.17. The molecule has 1 aromatic rings. The van der Waals surface area contributed by atoms with Crippen molar-refractivity contribution in [1.29, 1.82) is 0 Å². The molecule has 0 aliphatic carbocycles. The van der Waals surface area contributed by atoms with E-state index in [2.05, 4.69) is 39.2 Å². The van der Waals surface area contributed by atoms with E-state index in [4.69, 9.17) is 4.74 Å². The Kier molecular flexibility index (Phi) is 10.8. The zero-order valence-corrected chi connectivity index (χ0v) is 16.7. The van der Waals surface area contributed by atoms with Gasteiger partial charge in [0.05, 0.1) is 0 Å². The molecule has 9 heteroatoms. The molecular formula is C17H31N5O3S. The number of ether oxygens (including phenoxy) is 1. The molecule has 0 spiro atoms. The lowest BCUT2D eigenvalue weighted by atomic mass is 10.2. The molecule has 0 saturated carbocycles. The van der Waals surface area contributed by atoms with E-state index in [0.29, 0.717) is 31.6 Å². The number of hydrogen-bond acceptors (Lipinski definition) is 5. The quantitative estimate of drug-likeness (QED) is 0.281. The van der Waals surface area contributed by atoms with Crippen LogP contribution in [0.3, 0.4) is 0 Å². The van der Waals surface area contributed by atoms with Gasteiger partial charge in [-0.3, -0.25) is 9.98 Å². The maximum Gasteiger partial charge on any atom is 0.242 e. The van der Waals surface area contributed by atoms with Crippen molar-refractivity contribution in [3.8, 4) is 0 Å². The first-order chi connectivity index (χ1) is 12.5. The van der Waals surface area contributed by atoms with Crippen molar-refractivity contribution in [1.82, 2.24) is 20.3 Å². The summed E-state index contributed by atoms with van der Waals surface area (Å²) in [6, 6.07) is 3.10. The normalized spacial score (nSPS) is 12.4. The SMILES string of the molecule is CCNC(=NCCCOCC(C)C)NCCNS(=O)(=O)c1cccnc1. The zero-order valence-electron chi connectivity index (χ0n) is 15.9. The van der Waals surface area contributed by atoms with Gasteiger partial charge in [0.25, 0.3) is 0 Å². The minimum absolute atomic E-state index is 0.155. The Bertz CT molecular complexity index is 621. The summed E-state index contributed by atoms with van der Waals surface area (Å²) < 4.78 is 32.2. The third kappa shape index (κ3) is 9.69. The molecule has 0 fully saturated rings. The second kappa shape index (κ2) is 12.6. The Morgan fingerprint density at radius 3 is 2.77 bits per heavy atom. The van der Waals surface area contributed by atoms with Gasteiger partial charge in [0, 0.05) is 51.8 Å². The highest BCUT2D eigenvalue weighted by Crippen LogP contribution is 2.04. The van der Waals surface area contributed by atoms with E-state index in [1.165, 1.54) is 18.5 Å².